The van der Waals surface area contributed by atoms with Crippen molar-refractivity contribution in [2.45, 2.75) is 60.8 Å². The SMILES string of the molecule is Cc1cc(C)c(NC(=O)c2sc3nc(C(C)(C)C)nc(C)c3c2C)c(C)c1. The molecule has 5 heteroatoms. The van der Waals surface area contributed by atoms with Gasteiger partial charge >= 0.3 is 0 Å². The van der Waals surface area contributed by atoms with Crippen molar-refractivity contribution in [2.75, 3.05) is 5.32 Å². The molecule has 0 aliphatic rings. The molecule has 0 saturated heterocycles. The van der Waals surface area contributed by atoms with Gasteiger partial charge in [-0.05, 0) is 51.3 Å². The van der Waals surface area contributed by atoms with Crippen LogP contribution < -0.4 is 5.32 Å². The molecule has 2 aromatic heterocycles. The number of carbonyl (C=O) groups excluding carboxylic acids is 1. The minimum absolute atomic E-state index is 0.0812. The lowest BCUT2D eigenvalue weighted by molar-refractivity contribution is 0.103. The molecule has 1 N–H and O–H groups in total. The average Bonchev–Trinajstić information content (AvgIpc) is 2.87. The molecule has 3 aromatic rings. The average molecular weight is 382 g/mol. The standard InChI is InChI=1S/C22H27N3OS/c1-11-9-12(2)17(13(3)10-11)24-19(26)18-14(4)16-15(5)23-21(22(6,7)8)25-20(16)27-18/h9-10H,1-8H3,(H,24,26). The fraction of sp³-hybridized carbons (Fsp3) is 0.409. The molecule has 0 saturated carbocycles. The van der Waals surface area contributed by atoms with E-state index in [1.807, 2.05) is 27.7 Å². The van der Waals surface area contributed by atoms with E-state index >= 15 is 0 Å². The molecule has 0 aliphatic heterocycles. The molecule has 27 heavy (non-hydrogen) atoms. The topological polar surface area (TPSA) is 54.9 Å². The van der Waals surface area contributed by atoms with Crippen molar-refractivity contribution in [2.24, 2.45) is 0 Å². The molecule has 142 valence electrons. The van der Waals surface area contributed by atoms with Gasteiger partial charge < -0.3 is 5.32 Å². The lowest BCUT2D eigenvalue weighted by atomic mass is 9.95. The maximum atomic E-state index is 13.0. The van der Waals surface area contributed by atoms with Gasteiger partial charge in [0.15, 0.2) is 0 Å². The van der Waals surface area contributed by atoms with Crippen LogP contribution in [0.2, 0.25) is 0 Å². The number of nitrogens with zero attached hydrogens (tertiary/aromatic N) is 2. The number of hydrogen-bond acceptors (Lipinski definition) is 4. The van der Waals surface area contributed by atoms with Crippen LogP contribution in [0.25, 0.3) is 10.2 Å². The summed E-state index contributed by atoms with van der Waals surface area (Å²) in [6.45, 7) is 16.4. The zero-order chi connectivity index (χ0) is 20.1. The van der Waals surface area contributed by atoms with Gasteiger partial charge in [0.05, 0.1) is 10.6 Å². The van der Waals surface area contributed by atoms with Crippen molar-refractivity contribution in [3.05, 3.63) is 50.8 Å². The van der Waals surface area contributed by atoms with Crippen molar-refractivity contribution in [1.82, 2.24) is 9.97 Å². The summed E-state index contributed by atoms with van der Waals surface area (Å²) in [6.07, 6.45) is 0. The maximum absolute atomic E-state index is 13.0. The number of thiophene rings is 1. The molecule has 0 unspecified atom stereocenters. The predicted molar refractivity (Wildman–Crippen MR) is 114 cm³/mol. The van der Waals surface area contributed by atoms with Crippen LogP contribution in [0.4, 0.5) is 5.69 Å². The maximum Gasteiger partial charge on any atom is 0.266 e. The molecule has 1 amide bonds. The molecule has 0 spiro atoms. The summed E-state index contributed by atoms with van der Waals surface area (Å²) in [5.74, 6) is 0.730. The fourth-order valence-electron chi connectivity index (χ4n) is 3.44. The molecular formula is C22H27N3OS. The van der Waals surface area contributed by atoms with Gasteiger partial charge in [0.2, 0.25) is 0 Å². The normalized spacial score (nSPS) is 11.9. The highest BCUT2D eigenvalue weighted by Gasteiger charge is 2.23. The van der Waals surface area contributed by atoms with Crippen LogP contribution in [0.1, 0.15) is 64.2 Å². The molecule has 1 aromatic carbocycles. The first-order valence-electron chi connectivity index (χ1n) is 9.16. The molecule has 3 rings (SSSR count). The van der Waals surface area contributed by atoms with Crippen LogP contribution in [0.15, 0.2) is 12.1 Å². The Hall–Kier alpha value is -2.27. The molecule has 4 nitrogen and oxygen atoms in total. The Morgan fingerprint density at radius 3 is 2.15 bits per heavy atom. The van der Waals surface area contributed by atoms with Gasteiger partial charge in [-0.1, -0.05) is 38.5 Å². The quantitative estimate of drug-likeness (QED) is 0.612. The lowest BCUT2D eigenvalue weighted by Crippen LogP contribution is -2.16. The molecule has 0 fully saturated rings. The smallest absolute Gasteiger partial charge is 0.266 e. The monoisotopic (exact) mass is 381 g/mol. The van der Waals surface area contributed by atoms with E-state index in [2.05, 4.69) is 45.1 Å². The minimum Gasteiger partial charge on any atom is -0.321 e. The lowest BCUT2D eigenvalue weighted by Gasteiger charge is -2.16. The van der Waals surface area contributed by atoms with Crippen LogP contribution in [0.5, 0.6) is 0 Å². The number of anilines is 1. The number of rotatable bonds is 2. The first kappa shape index (κ1) is 19.5. The summed E-state index contributed by atoms with van der Waals surface area (Å²) >= 11 is 1.45. The van der Waals surface area contributed by atoms with Gasteiger partial charge in [0, 0.05) is 16.5 Å². The van der Waals surface area contributed by atoms with E-state index in [-0.39, 0.29) is 11.3 Å². The number of fused-ring (bicyclic) bond motifs is 1. The first-order chi connectivity index (χ1) is 12.5. The van der Waals surface area contributed by atoms with Crippen molar-refractivity contribution in [3.63, 3.8) is 0 Å². The molecule has 0 bridgehead atoms. The Kier molecular flexibility index (Phi) is 4.85. The van der Waals surface area contributed by atoms with Crippen LogP contribution in [0, 0.1) is 34.6 Å². The molecule has 0 radical (unpaired) electrons. The van der Waals surface area contributed by atoms with Crippen LogP contribution in [0.3, 0.4) is 0 Å². The van der Waals surface area contributed by atoms with E-state index in [0.717, 1.165) is 44.1 Å². The third-order valence-electron chi connectivity index (χ3n) is 4.76. The summed E-state index contributed by atoms with van der Waals surface area (Å²) in [6, 6.07) is 4.18. The third kappa shape index (κ3) is 3.61. The minimum atomic E-state index is -0.130. The number of amides is 1. The number of aromatic nitrogens is 2. The van der Waals surface area contributed by atoms with Gasteiger partial charge in [-0.3, -0.25) is 4.79 Å². The first-order valence-corrected chi connectivity index (χ1v) is 9.98. The van der Waals surface area contributed by atoms with E-state index in [4.69, 9.17) is 9.97 Å². The number of hydrogen-bond donors (Lipinski definition) is 1. The van der Waals surface area contributed by atoms with Crippen LogP contribution in [-0.2, 0) is 5.41 Å². The van der Waals surface area contributed by atoms with E-state index < -0.39 is 0 Å². The predicted octanol–water partition coefficient (Wildman–Crippen LogP) is 5.78. The Bertz CT molecular complexity index is 1030. The van der Waals surface area contributed by atoms with Crippen molar-refractivity contribution in [1.29, 1.82) is 0 Å². The van der Waals surface area contributed by atoms with Gasteiger partial charge in [0.25, 0.3) is 5.91 Å². The van der Waals surface area contributed by atoms with Crippen molar-refractivity contribution >= 4 is 33.1 Å². The summed E-state index contributed by atoms with van der Waals surface area (Å²) < 4.78 is 0. The second kappa shape index (κ2) is 6.71. The van der Waals surface area contributed by atoms with E-state index in [1.54, 1.807) is 0 Å². The van der Waals surface area contributed by atoms with E-state index in [1.165, 1.54) is 16.9 Å². The zero-order valence-corrected chi connectivity index (χ0v) is 18.2. The van der Waals surface area contributed by atoms with Gasteiger partial charge in [-0.2, -0.15) is 0 Å². The number of benzene rings is 1. The summed E-state index contributed by atoms with van der Waals surface area (Å²) in [5.41, 5.74) is 5.99. The highest BCUT2D eigenvalue weighted by atomic mass is 32.1. The number of aryl methyl sites for hydroxylation is 5. The molecule has 0 aliphatic carbocycles. The molecule has 2 heterocycles. The molecular weight excluding hydrogens is 354 g/mol. The van der Waals surface area contributed by atoms with Crippen LogP contribution in [-0.4, -0.2) is 15.9 Å². The van der Waals surface area contributed by atoms with E-state index in [9.17, 15) is 4.79 Å². The zero-order valence-electron chi connectivity index (χ0n) is 17.4. The Morgan fingerprint density at radius 2 is 1.59 bits per heavy atom. The van der Waals surface area contributed by atoms with Crippen LogP contribution >= 0.6 is 11.3 Å². The van der Waals surface area contributed by atoms with Gasteiger partial charge in [-0.15, -0.1) is 11.3 Å². The highest BCUT2D eigenvalue weighted by molar-refractivity contribution is 7.20. The van der Waals surface area contributed by atoms with Gasteiger partial charge in [0.1, 0.15) is 10.7 Å². The van der Waals surface area contributed by atoms with E-state index in [0.29, 0.717) is 4.88 Å². The second-order valence-electron chi connectivity index (χ2n) is 8.35. The Morgan fingerprint density at radius 1 is 1.00 bits per heavy atom. The van der Waals surface area contributed by atoms with Crippen molar-refractivity contribution < 1.29 is 4.79 Å². The number of carbonyl (C=O) groups is 1. The Balaban J connectivity index is 2.06. The summed E-state index contributed by atoms with van der Waals surface area (Å²) in [4.78, 5) is 24.1. The van der Waals surface area contributed by atoms with Gasteiger partial charge in [-0.25, -0.2) is 9.97 Å². The Labute approximate surface area is 165 Å². The summed E-state index contributed by atoms with van der Waals surface area (Å²) in [7, 11) is 0. The second-order valence-corrected chi connectivity index (χ2v) is 9.35. The summed E-state index contributed by atoms with van der Waals surface area (Å²) in [5, 5.41) is 4.11. The third-order valence-corrected chi connectivity index (χ3v) is 5.95. The fourth-order valence-corrected chi connectivity index (χ4v) is 4.57. The highest BCUT2D eigenvalue weighted by Crippen LogP contribution is 2.34. The number of nitrogens with one attached hydrogen (secondary N) is 1. The molecule has 0 atom stereocenters. The van der Waals surface area contributed by atoms with Crippen molar-refractivity contribution in [3.8, 4) is 0 Å². The largest absolute Gasteiger partial charge is 0.321 e.